The number of nitrogens with one attached hydrogen (secondary N) is 2. The molecule has 2 rings (SSSR count). The van der Waals surface area contributed by atoms with Gasteiger partial charge in [0.05, 0.1) is 16.7 Å². The van der Waals surface area contributed by atoms with Crippen molar-refractivity contribution in [3.05, 3.63) is 51.5 Å². The minimum atomic E-state index is -0.453. The first kappa shape index (κ1) is 17.9. The van der Waals surface area contributed by atoms with E-state index in [0.717, 1.165) is 22.7 Å². The van der Waals surface area contributed by atoms with Crippen molar-refractivity contribution in [3.63, 3.8) is 0 Å². The van der Waals surface area contributed by atoms with Crippen molar-refractivity contribution in [1.29, 1.82) is 0 Å². The minimum Gasteiger partial charge on any atom is -0.366 e. The first-order valence-electron chi connectivity index (χ1n) is 7.87. The van der Waals surface area contributed by atoms with Crippen molar-refractivity contribution < 1.29 is 9.59 Å². The lowest BCUT2D eigenvalue weighted by Gasteiger charge is -2.13. The number of benzene rings is 1. The highest BCUT2D eigenvalue weighted by atomic mass is 32.1. The molecular formula is C17H22N4O2S. The molecule has 0 aliphatic carbocycles. The van der Waals surface area contributed by atoms with Gasteiger partial charge in [-0.25, -0.2) is 9.78 Å². The van der Waals surface area contributed by atoms with E-state index in [0.29, 0.717) is 18.5 Å². The monoisotopic (exact) mass is 346 g/mol. The highest BCUT2D eigenvalue weighted by molar-refractivity contribution is 7.09. The Bertz CT molecular complexity index is 714. The Kier molecular flexibility index (Phi) is 6.31. The lowest BCUT2D eigenvalue weighted by atomic mass is 10.1. The van der Waals surface area contributed by atoms with Crippen LogP contribution in [0.25, 0.3) is 0 Å². The van der Waals surface area contributed by atoms with Gasteiger partial charge in [-0.05, 0) is 37.5 Å². The normalized spacial score (nSPS) is 11.8. The first-order chi connectivity index (χ1) is 11.5. The maximum atomic E-state index is 11.9. The van der Waals surface area contributed by atoms with Crippen LogP contribution in [0.1, 0.15) is 46.5 Å². The smallest absolute Gasteiger partial charge is 0.315 e. The van der Waals surface area contributed by atoms with Crippen molar-refractivity contribution >= 4 is 23.3 Å². The van der Waals surface area contributed by atoms with Gasteiger partial charge < -0.3 is 16.4 Å². The highest BCUT2D eigenvalue weighted by Crippen LogP contribution is 2.16. The molecule has 0 aliphatic heterocycles. The number of carbonyl (C=O) groups is 2. The SMILES string of the molecule is CCc1nc([C@H](C)NC(=O)NCCc2cccc(C(N)=O)c2)cs1. The van der Waals surface area contributed by atoms with Crippen LogP contribution >= 0.6 is 11.3 Å². The van der Waals surface area contributed by atoms with E-state index in [1.54, 1.807) is 29.5 Å². The van der Waals surface area contributed by atoms with Crippen molar-refractivity contribution in [2.75, 3.05) is 6.54 Å². The van der Waals surface area contributed by atoms with E-state index in [2.05, 4.69) is 22.5 Å². The molecule has 0 unspecified atom stereocenters. The molecule has 0 saturated heterocycles. The molecule has 2 aromatic rings. The lowest BCUT2D eigenvalue weighted by molar-refractivity contribution is 0.1000. The summed E-state index contributed by atoms with van der Waals surface area (Å²) >= 11 is 1.60. The van der Waals surface area contributed by atoms with Crippen LogP contribution in [-0.4, -0.2) is 23.5 Å². The standard InChI is InChI=1S/C17H22N4O2S/c1-3-15-21-14(10-24-15)11(2)20-17(23)19-8-7-12-5-4-6-13(9-12)16(18)22/h4-6,9-11H,3,7-8H2,1-2H3,(H2,18,22)(H2,19,20,23)/t11-/m0/s1. The molecule has 128 valence electrons. The quantitative estimate of drug-likeness (QED) is 0.718. The molecule has 4 N–H and O–H groups in total. The van der Waals surface area contributed by atoms with Crippen LogP contribution in [0.4, 0.5) is 4.79 Å². The maximum absolute atomic E-state index is 11.9. The van der Waals surface area contributed by atoms with Gasteiger partial charge in [0, 0.05) is 17.5 Å². The van der Waals surface area contributed by atoms with Crippen molar-refractivity contribution in [2.24, 2.45) is 5.73 Å². The Morgan fingerprint density at radius 1 is 1.38 bits per heavy atom. The molecule has 24 heavy (non-hydrogen) atoms. The Morgan fingerprint density at radius 3 is 2.83 bits per heavy atom. The second-order valence-electron chi connectivity index (χ2n) is 5.46. The number of urea groups is 1. The van der Waals surface area contributed by atoms with E-state index in [9.17, 15) is 9.59 Å². The van der Waals surface area contributed by atoms with Gasteiger partial charge in [0.1, 0.15) is 0 Å². The fourth-order valence-electron chi connectivity index (χ4n) is 2.21. The number of thiazole rings is 1. The summed E-state index contributed by atoms with van der Waals surface area (Å²) in [6, 6.07) is 6.72. The second kappa shape index (κ2) is 8.44. The average Bonchev–Trinajstić information content (AvgIpc) is 3.04. The predicted octanol–water partition coefficient (Wildman–Crippen LogP) is 2.41. The number of carbonyl (C=O) groups excluding carboxylic acids is 2. The minimum absolute atomic E-state index is 0.139. The molecule has 0 aliphatic rings. The summed E-state index contributed by atoms with van der Waals surface area (Å²) in [5.41, 5.74) is 7.56. The molecule has 1 aromatic heterocycles. The van der Waals surface area contributed by atoms with Gasteiger partial charge in [0.25, 0.3) is 0 Å². The molecule has 3 amide bonds. The number of primary amides is 1. The van der Waals surface area contributed by atoms with Crippen molar-refractivity contribution in [2.45, 2.75) is 32.7 Å². The predicted molar refractivity (Wildman–Crippen MR) is 95.1 cm³/mol. The number of hydrogen-bond donors (Lipinski definition) is 3. The first-order valence-corrected chi connectivity index (χ1v) is 8.75. The lowest BCUT2D eigenvalue weighted by Crippen LogP contribution is -2.38. The Labute approximate surface area is 145 Å². The van der Waals surface area contributed by atoms with Gasteiger partial charge in [-0.2, -0.15) is 0 Å². The van der Waals surface area contributed by atoms with Crippen LogP contribution in [0.3, 0.4) is 0 Å². The summed E-state index contributed by atoms with van der Waals surface area (Å²) in [7, 11) is 0. The fourth-order valence-corrected chi connectivity index (χ4v) is 3.05. The third-order valence-corrected chi connectivity index (χ3v) is 4.59. The largest absolute Gasteiger partial charge is 0.366 e. The van der Waals surface area contributed by atoms with Crippen LogP contribution in [0.2, 0.25) is 0 Å². The van der Waals surface area contributed by atoms with E-state index in [1.807, 2.05) is 18.4 Å². The van der Waals surface area contributed by atoms with Crippen LogP contribution in [0.15, 0.2) is 29.6 Å². The molecule has 0 saturated carbocycles. The molecule has 1 heterocycles. The molecule has 1 atom stereocenters. The molecule has 0 fully saturated rings. The van der Waals surface area contributed by atoms with Crippen LogP contribution in [0.5, 0.6) is 0 Å². The van der Waals surface area contributed by atoms with Crippen molar-refractivity contribution in [1.82, 2.24) is 15.6 Å². The molecule has 0 bridgehead atoms. The summed E-state index contributed by atoms with van der Waals surface area (Å²) in [6.07, 6.45) is 1.52. The molecule has 0 radical (unpaired) electrons. The number of nitrogens with zero attached hydrogens (tertiary/aromatic N) is 1. The van der Waals surface area contributed by atoms with E-state index in [-0.39, 0.29) is 12.1 Å². The number of aryl methyl sites for hydroxylation is 1. The van der Waals surface area contributed by atoms with Gasteiger partial charge in [0.15, 0.2) is 0 Å². The summed E-state index contributed by atoms with van der Waals surface area (Å²) in [6.45, 7) is 4.43. The third kappa shape index (κ3) is 5.06. The zero-order valence-corrected chi connectivity index (χ0v) is 14.7. The average molecular weight is 346 g/mol. The number of hydrogen-bond acceptors (Lipinski definition) is 4. The molecule has 6 nitrogen and oxygen atoms in total. The van der Waals surface area contributed by atoms with E-state index in [4.69, 9.17) is 5.73 Å². The van der Waals surface area contributed by atoms with Gasteiger partial charge in [-0.15, -0.1) is 11.3 Å². The summed E-state index contributed by atoms with van der Waals surface area (Å²) in [5.74, 6) is -0.453. The number of aromatic nitrogens is 1. The van der Waals surface area contributed by atoms with E-state index >= 15 is 0 Å². The van der Waals surface area contributed by atoms with Gasteiger partial charge in [-0.3, -0.25) is 4.79 Å². The number of nitrogens with two attached hydrogens (primary N) is 1. The highest BCUT2D eigenvalue weighted by Gasteiger charge is 2.12. The molecule has 0 spiro atoms. The fraction of sp³-hybridized carbons (Fsp3) is 0.353. The van der Waals surface area contributed by atoms with Gasteiger partial charge >= 0.3 is 6.03 Å². The second-order valence-corrected chi connectivity index (χ2v) is 6.40. The van der Waals surface area contributed by atoms with Crippen LogP contribution in [-0.2, 0) is 12.8 Å². The van der Waals surface area contributed by atoms with Gasteiger partial charge in [0.2, 0.25) is 5.91 Å². The zero-order valence-electron chi connectivity index (χ0n) is 13.8. The molecule has 7 heteroatoms. The Morgan fingerprint density at radius 2 is 2.17 bits per heavy atom. The van der Waals surface area contributed by atoms with Crippen LogP contribution in [0, 0.1) is 0 Å². The van der Waals surface area contributed by atoms with E-state index in [1.165, 1.54) is 0 Å². The van der Waals surface area contributed by atoms with E-state index < -0.39 is 5.91 Å². The number of amides is 3. The van der Waals surface area contributed by atoms with Crippen LogP contribution < -0.4 is 16.4 Å². The van der Waals surface area contributed by atoms with Crippen molar-refractivity contribution in [3.8, 4) is 0 Å². The summed E-state index contributed by atoms with van der Waals surface area (Å²) < 4.78 is 0. The topological polar surface area (TPSA) is 97.1 Å². The van der Waals surface area contributed by atoms with Gasteiger partial charge in [-0.1, -0.05) is 19.1 Å². The third-order valence-electron chi connectivity index (χ3n) is 3.57. The summed E-state index contributed by atoms with van der Waals surface area (Å²) in [4.78, 5) is 27.6. The molecular weight excluding hydrogens is 324 g/mol. The summed E-state index contributed by atoms with van der Waals surface area (Å²) in [5, 5.41) is 8.71. The zero-order chi connectivity index (χ0) is 17.5. The molecule has 1 aromatic carbocycles. The maximum Gasteiger partial charge on any atom is 0.315 e. The number of rotatable bonds is 7. The Balaban J connectivity index is 1.78. The Hall–Kier alpha value is -2.41.